The number of hydrogen-bond acceptors (Lipinski definition) is 5. The molecule has 186 valence electrons. The van der Waals surface area contributed by atoms with Gasteiger partial charge in [-0.3, -0.25) is 4.79 Å². The van der Waals surface area contributed by atoms with E-state index in [2.05, 4.69) is 20.1 Å². The van der Waals surface area contributed by atoms with Crippen LogP contribution in [-0.2, 0) is 30.9 Å². The zero-order valence-corrected chi connectivity index (χ0v) is 20.2. The monoisotopic (exact) mass is 503 g/mol. The third-order valence-electron chi connectivity index (χ3n) is 6.47. The highest BCUT2D eigenvalue weighted by Crippen LogP contribution is 2.46. The summed E-state index contributed by atoms with van der Waals surface area (Å²) < 4.78 is 36.4. The molecule has 0 spiro atoms. The number of carbonyl (C=O) groups excluding carboxylic acids is 1. The number of nitrogens with one attached hydrogen (secondary N) is 1. The first kappa shape index (κ1) is 25.1. The number of rotatable bonds is 8. The first-order valence-electron chi connectivity index (χ1n) is 11.6. The Morgan fingerprint density at radius 1 is 1.17 bits per heavy atom. The Hall–Kier alpha value is -3.04. The first-order valence-corrected chi connectivity index (χ1v) is 11.6. The van der Waals surface area contributed by atoms with Crippen LogP contribution in [0.25, 0.3) is 0 Å². The molecule has 0 saturated heterocycles. The average Bonchev–Trinajstić information content (AvgIpc) is 3.51. The molecule has 0 radical (unpaired) electrons. The van der Waals surface area contributed by atoms with Crippen LogP contribution < -0.4 is 10.1 Å². The number of halogens is 3. The molecule has 2 atom stereocenters. The fourth-order valence-corrected chi connectivity index (χ4v) is 4.52. The Labute approximate surface area is 208 Å². The van der Waals surface area contributed by atoms with Gasteiger partial charge in [0.25, 0.3) is 0 Å². The summed E-state index contributed by atoms with van der Waals surface area (Å²) in [4.78, 5) is 14.5. The third-order valence-corrected chi connectivity index (χ3v) is 6.47. The zero-order chi connectivity index (χ0) is 23.7. The highest BCUT2D eigenvalue weighted by atomic mass is 35.5. The van der Waals surface area contributed by atoms with Crippen molar-refractivity contribution in [3.63, 3.8) is 0 Å². The lowest BCUT2D eigenvalue weighted by atomic mass is 10.1. The van der Waals surface area contributed by atoms with E-state index in [9.17, 15) is 13.6 Å². The molecule has 5 rings (SSSR count). The van der Waals surface area contributed by atoms with Gasteiger partial charge in [-0.05, 0) is 18.1 Å². The average molecular weight is 504 g/mol. The second kappa shape index (κ2) is 10.7. The maximum atomic E-state index is 14.6. The maximum absolute atomic E-state index is 14.6. The van der Waals surface area contributed by atoms with Crippen LogP contribution >= 0.6 is 12.4 Å². The summed E-state index contributed by atoms with van der Waals surface area (Å²) in [7, 11) is 0. The van der Waals surface area contributed by atoms with Crippen molar-refractivity contribution in [2.24, 2.45) is 0 Å². The zero-order valence-electron chi connectivity index (χ0n) is 19.4. The number of aryl methyl sites for hydroxylation is 1. The van der Waals surface area contributed by atoms with Crippen molar-refractivity contribution in [2.45, 2.75) is 51.4 Å². The SMILES string of the molecule is CCc1nnc2n1CCN(C(=O)CN[C@@H]1C[C@H]1c1cc(F)cc(F)c1OCc1ccccc1)C2.Cl. The summed E-state index contributed by atoms with van der Waals surface area (Å²) >= 11 is 0. The highest BCUT2D eigenvalue weighted by molar-refractivity contribution is 5.85. The molecule has 0 bridgehead atoms. The number of amides is 1. The Balaban J connectivity index is 0.00000289. The van der Waals surface area contributed by atoms with E-state index in [1.807, 2.05) is 37.3 Å². The molecule has 0 unspecified atom stereocenters. The van der Waals surface area contributed by atoms with Crippen LogP contribution in [-0.4, -0.2) is 44.7 Å². The second-order valence-corrected chi connectivity index (χ2v) is 8.76. The molecule has 7 nitrogen and oxygen atoms in total. The highest BCUT2D eigenvalue weighted by Gasteiger charge is 2.41. The smallest absolute Gasteiger partial charge is 0.237 e. The van der Waals surface area contributed by atoms with Crippen molar-refractivity contribution in [1.82, 2.24) is 25.0 Å². The Morgan fingerprint density at radius 3 is 2.74 bits per heavy atom. The minimum absolute atomic E-state index is 0. The summed E-state index contributed by atoms with van der Waals surface area (Å²) in [6, 6.07) is 11.6. The number of carbonyl (C=O) groups is 1. The lowest BCUT2D eigenvalue weighted by Gasteiger charge is -2.28. The second-order valence-electron chi connectivity index (χ2n) is 8.76. The van der Waals surface area contributed by atoms with Crippen molar-refractivity contribution >= 4 is 18.3 Å². The van der Waals surface area contributed by atoms with Gasteiger partial charge in [-0.15, -0.1) is 22.6 Å². The molecule has 35 heavy (non-hydrogen) atoms. The van der Waals surface area contributed by atoms with E-state index in [1.54, 1.807) is 4.90 Å². The molecule has 1 aliphatic carbocycles. The molecule has 10 heteroatoms. The Morgan fingerprint density at radius 2 is 1.97 bits per heavy atom. The molecule has 2 heterocycles. The molecule has 1 aromatic heterocycles. The van der Waals surface area contributed by atoms with Crippen LogP contribution in [0.5, 0.6) is 5.75 Å². The van der Waals surface area contributed by atoms with Gasteiger partial charge in [-0.1, -0.05) is 37.3 Å². The van der Waals surface area contributed by atoms with E-state index >= 15 is 0 Å². The van der Waals surface area contributed by atoms with E-state index < -0.39 is 11.6 Å². The Bertz CT molecular complexity index is 1190. The van der Waals surface area contributed by atoms with Crippen LogP contribution in [0.15, 0.2) is 42.5 Å². The van der Waals surface area contributed by atoms with Crippen molar-refractivity contribution in [3.8, 4) is 5.75 Å². The number of benzene rings is 2. The predicted molar refractivity (Wildman–Crippen MR) is 128 cm³/mol. The number of ether oxygens (including phenoxy) is 1. The molecular weight excluding hydrogens is 476 g/mol. The van der Waals surface area contributed by atoms with E-state index in [-0.39, 0.29) is 49.2 Å². The summed E-state index contributed by atoms with van der Waals surface area (Å²) in [5, 5.41) is 11.6. The van der Waals surface area contributed by atoms with Gasteiger partial charge in [0, 0.05) is 43.1 Å². The van der Waals surface area contributed by atoms with Gasteiger partial charge in [0.05, 0.1) is 13.1 Å². The van der Waals surface area contributed by atoms with Gasteiger partial charge >= 0.3 is 0 Å². The minimum Gasteiger partial charge on any atom is -0.486 e. The van der Waals surface area contributed by atoms with Crippen molar-refractivity contribution in [3.05, 3.63) is 76.9 Å². The van der Waals surface area contributed by atoms with Crippen molar-refractivity contribution in [2.75, 3.05) is 13.1 Å². The van der Waals surface area contributed by atoms with Gasteiger partial charge in [-0.2, -0.15) is 0 Å². The van der Waals surface area contributed by atoms with Crippen LogP contribution in [0.3, 0.4) is 0 Å². The lowest BCUT2D eigenvalue weighted by molar-refractivity contribution is -0.131. The number of fused-ring (bicyclic) bond motifs is 1. The topological polar surface area (TPSA) is 72.3 Å². The van der Waals surface area contributed by atoms with Crippen LogP contribution in [0.1, 0.15) is 42.0 Å². The summed E-state index contributed by atoms with van der Waals surface area (Å²) in [5.41, 5.74) is 1.40. The Kier molecular flexibility index (Phi) is 7.66. The van der Waals surface area contributed by atoms with Crippen LogP contribution in [0.2, 0.25) is 0 Å². The lowest BCUT2D eigenvalue weighted by Crippen LogP contribution is -2.43. The molecule has 1 saturated carbocycles. The minimum atomic E-state index is -0.712. The molecular formula is C25H28ClF2N5O2. The van der Waals surface area contributed by atoms with Gasteiger partial charge < -0.3 is 19.5 Å². The summed E-state index contributed by atoms with van der Waals surface area (Å²) in [6.45, 7) is 4.13. The molecule has 1 aliphatic heterocycles. The molecule has 3 aromatic rings. The fraction of sp³-hybridized carbons (Fsp3) is 0.400. The van der Waals surface area contributed by atoms with E-state index in [0.29, 0.717) is 31.6 Å². The molecule has 1 N–H and O–H groups in total. The predicted octanol–water partition coefficient (Wildman–Crippen LogP) is 3.61. The number of aromatic nitrogens is 3. The third kappa shape index (κ3) is 5.46. The normalized spacial score (nSPS) is 18.5. The van der Waals surface area contributed by atoms with E-state index in [0.717, 1.165) is 29.7 Å². The largest absolute Gasteiger partial charge is 0.486 e. The van der Waals surface area contributed by atoms with E-state index in [1.165, 1.54) is 6.07 Å². The van der Waals surface area contributed by atoms with Crippen LogP contribution in [0.4, 0.5) is 8.78 Å². The van der Waals surface area contributed by atoms with Gasteiger partial charge in [0.15, 0.2) is 17.4 Å². The first-order chi connectivity index (χ1) is 16.5. The van der Waals surface area contributed by atoms with Gasteiger partial charge in [0.1, 0.15) is 18.2 Å². The molecule has 1 amide bonds. The van der Waals surface area contributed by atoms with Crippen LogP contribution in [0, 0.1) is 11.6 Å². The fourth-order valence-electron chi connectivity index (χ4n) is 4.52. The number of hydrogen-bond donors (Lipinski definition) is 1. The quantitative estimate of drug-likeness (QED) is 0.508. The van der Waals surface area contributed by atoms with Gasteiger partial charge in [-0.25, -0.2) is 8.78 Å². The summed E-state index contributed by atoms with van der Waals surface area (Å²) in [6.07, 6.45) is 1.50. The number of nitrogens with zero attached hydrogens (tertiary/aromatic N) is 4. The van der Waals surface area contributed by atoms with Gasteiger partial charge in [0.2, 0.25) is 5.91 Å². The van der Waals surface area contributed by atoms with E-state index in [4.69, 9.17) is 4.74 Å². The molecule has 2 aromatic carbocycles. The maximum Gasteiger partial charge on any atom is 0.237 e. The standard InChI is InChI=1S/C25H27F2N5O2.ClH/c1-2-22-29-30-23-14-31(8-9-32(22)23)24(33)13-28-21-12-18(21)19-10-17(26)11-20(27)25(19)34-15-16-6-4-3-5-7-16;/h3-7,10-11,18,21,28H,2,8-9,12-15H2,1H3;1H/t18-,21+;/m0./s1. The molecule has 1 fully saturated rings. The van der Waals surface area contributed by atoms with Crippen molar-refractivity contribution in [1.29, 1.82) is 0 Å². The van der Waals surface area contributed by atoms with Crippen molar-refractivity contribution < 1.29 is 18.3 Å². The summed E-state index contributed by atoms with van der Waals surface area (Å²) in [5.74, 6) is 0.337. The molecule has 2 aliphatic rings.